The number of ether oxygens (including phenoxy) is 1. The van der Waals surface area contributed by atoms with Crippen molar-refractivity contribution < 1.29 is 9.53 Å². The molecule has 184 valence electrons. The van der Waals surface area contributed by atoms with Crippen LogP contribution in [0.4, 0.5) is 11.5 Å². The molecule has 0 bridgehead atoms. The highest BCUT2D eigenvalue weighted by atomic mass is 32.1. The number of nitrogens with one attached hydrogen (secondary N) is 1. The lowest BCUT2D eigenvalue weighted by Crippen LogP contribution is -2.57. The number of hydrogen-bond donors (Lipinski definition) is 1. The average Bonchev–Trinajstić information content (AvgIpc) is 3.52. The zero-order valence-corrected chi connectivity index (χ0v) is 21.6. The van der Waals surface area contributed by atoms with Gasteiger partial charge in [0.2, 0.25) is 0 Å². The van der Waals surface area contributed by atoms with Crippen molar-refractivity contribution in [3.05, 3.63) is 47.1 Å². The lowest BCUT2D eigenvalue weighted by molar-refractivity contribution is 0.112. The van der Waals surface area contributed by atoms with Crippen molar-refractivity contribution >= 4 is 44.9 Å². The summed E-state index contributed by atoms with van der Waals surface area (Å²) in [6, 6.07) is 10.1. The molecular formula is C26H32N6O2S. The van der Waals surface area contributed by atoms with Gasteiger partial charge in [0.05, 0.1) is 34.6 Å². The van der Waals surface area contributed by atoms with E-state index in [2.05, 4.69) is 39.4 Å². The normalized spacial score (nSPS) is 16.9. The Kier molecular flexibility index (Phi) is 6.37. The average molecular weight is 493 g/mol. The first-order chi connectivity index (χ1) is 16.9. The molecule has 6 rings (SSSR count). The van der Waals surface area contributed by atoms with Gasteiger partial charge in [-0.3, -0.25) is 4.79 Å². The molecule has 0 amide bonds. The second-order valence-electron chi connectivity index (χ2n) is 9.56. The molecule has 9 heteroatoms. The van der Waals surface area contributed by atoms with E-state index in [1.807, 2.05) is 49.8 Å². The molecule has 0 saturated carbocycles. The molecule has 4 aromatic heterocycles. The summed E-state index contributed by atoms with van der Waals surface area (Å²) in [7, 11) is 4.09. The van der Waals surface area contributed by atoms with Crippen molar-refractivity contribution in [2.24, 2.45) is 5.41 Å². The van der Waals surface area contributed by atoms with Gasteiger partial charge in [0.15, 0.2) is 12.0 Å². The molecule has 0 aliphatic carbocycles. The van der Waals surface area contributed by atoms with Crippen LogP contribution in [0.2, 0.25) is 0 Å². The Morgan fingerprint density at radius 1 is 1.23 bits per heavy atom. The minimum absolute atomic E-state index is 0.495. The van der Waals surface area contributed by atoms with E-state index in [1.165, 1.54) is 30.8 Å². The number of carbonyl (C=O) groups excluding carboxylic acids is 1. The van der Waals surface area contributed by atoms with Crippen molar-refractivity contribution in [3.8, 4) is 5.75 Å². The molecule has 6 heterocycles. The zero-order valence-electron chi connectivity index (χ0n) is 20.7. The maximum absolute atomic E-state index is 10.8. The zero-order chi connectivity index (χ0) is 24.6. The van der Waals surface area contributed by atoms with Crippen LogP contribution in [0.3, 0.4) is 0 Å². The predicted molar refractivity (Wildman–Crippen MR) is 142 cm³/mol. The molecule has 4 aromatic rings. The molecule has 2 aliphatic rings. The van der Waals surface area contributed by atoms with E-state index >= 15 is 0 Å². The second kappa shape index (κ2) is 9.47. The van der Waals surface area contributed by atoms with E-state index in [0.717, 1.165) is 62.9 Å². The number of rotatable bonds is 5. The molecule has 0 unspecified atom stereocenters. The van der Waals surface area contributed by atoms with E-state index < -0.39 is 0 Å². The maximum atomic E-state index is 10.8. The predicted octanol–water partition coefficient (Wildman–Crippen LogP) is 4.33. The third-order valence-electron chi connectivity index (χ3n) is 6.76. The minimum Gasteiger partial charge on any atom is -0.490 e. The molecule has 0 aromatic carbocycles. The number of aryl methyl sites for hydroxylation is 1. The van der Waals surface area contributed by atoms with Crippen LogP contribution in [-0.2, 0) is 0 Å². The van der Waals surface area contributed by atoms with Crippen molar-refractivity contribution in [1.29, 1.82) is 0 Å². The van der Waals surface area contributed by atoms with Crippen LogP contribution in [0.1, 0.15) is 28.7 Å². The molecule has 0 radical (unpaired) electrons. The highest BCUT2D eigenvalue weighted by molar-refractivity contribution is 7.20. The number of nitrogens with zero attached hydrogens (tertiary/aromatic N) is 5. The lowest BCUT2D eigenvalue weighted by atomic mass is 9.79. The second-order valence-corrected chi connectivity index (χ2v) is 10.6. The SMILES string of the molecule is CCOc1cn2nc(C)cc2cc1NC.CN1CCC2(C1)CN(c1ccc3cc(C=O)sc3n1)C2. The van der Waals surface area contributed by atoms with Gasteiger partial charge in [0.1, 0.15) is 10.6 Å². The number of aldehydes is 1. The standard InChI is InChI=1S/C15H17N3OS.C11H15N3O/c1-17-5-4-15(8-17)9-18(10-15)13-3-2-11-6-12(7-19)20-14(11)16-13;1-4-15-11-7-14-9(5-8(2)13-14)6-10(11)12-3/h2-3,6-7H,4-5,8-10H2,1H3;5-7,12H,4H2,1-3H3. The number of pyridine rings is 2. The molecule has 35 heavy (non-hydrogen) atoms. The summed E-state index contributed by atoms with van der Waals surface area (Å²) in [5, 5.41) is 8.52. The van der Waals surface area contributed by atoms with E-state index in [0.29, 0.717) is 12.0 Å². The van der Waals surface area contributed by atoms with Crippen LogP contribution in [0, 0.1) is 12.3 Å². The van der Waals surface area contributed by atoms with Crippen LogP contribution in [0.25, 0.3) is 15.7 Å². The minimum atomic E-state index is 0.495. The molecule has 1 N–H and O–H groups in total. The summed E-state index contributed by atoms with van der Waals surface area (Å²) >= 11 is 1.47. The Morgan fingerprint density at radius 3 is 2.74 bits per heavy atom. The molecule has 2 saturated heterocycles. The van der Waals surface area contributed by atoms with Gasteiger partial charge in [-0.2, -0.15) is 5.10 Å². The third kappa shape index (κ3) is 4.70. The third-order valence-corrected chi connectivity index (χ3v) is 7.73. The molecule has 1 spiro atoms. The lowest BCUT2D eigenvalue weighted by Gasteiger charge is -2.48. The molecule has 0 atom stereocenters. The fourth-order valence-electron chi connectivity index (χ4n) is 5.12. The van der Waals surface area contributed by atoms with Crippen LogP contribution >= 0.6 is 11.3 Å². The van der Waals surface area contributed by atoms with Crippen molar-refractivity contribution in [1.82, 2.24) is 19.5 Å². The highest BCUT2D eigenvalue weighted by Gasteiger charge is 2.47. The summed E-state index contributed by atoms with van der Waals surface area (Å²) in [6.45, 7) is 9.25. The van der Waals surface area contributed by atoms with Gasteiger partial charge in [-0.1, -0.05) is 0 Å². The van der Waals surface area contributed by atoms with Crippen LogP contribution in [-0.4, -0.2) is 72.7 Å². The number of carbonyl (C=O) groups is 1. The largest absolute Gasteiger partial charge is 0.490 e. The smallest absolute Gasteiger partial charge is 0.160 e. The fraction of sp³-hybridized carbons (Fsp3) is 0.423. The first-order valence-electron chi connectivity index (χ1n) is 12.0. The summed E-state index contributed by atoms with van der Waals surface area (Å²) in [5.74, 6) is 1.88. The van der Waals surface area contributed by atoms with Gasteiger partial charge >= 0.3 is 0 Å². The number of hydrogen-bond acceptors (Lipinski definition) is 8. The molecule has 8 nitrogen and oxygen atoms in total. The fourth-order valence-corrected chi connectivity index (χ4v) is 5.96. The van der Waals surface area contributed by atoms with Crippen molar-refractivity contribution in [2.45, 2.75) is 20.3 Å². The summed E-state index contributed by atoms with van der Waals surface area (Å²) in [4.78, 5) is 22.0. The van der Waals surface area contributed by atoms with Gasteiger partial charge in [0.25, 0.3) is 0 Å². The van der Waals surface area contributed by atoms with Gasteiger partial charge in [-0.25, -0.2) is 9.50 Å². The number of aromatic nitrogens is 3. The Hall–Kier alpha value is -3.17. The topological polar surface area (TPSA) is 75.0 Å². The van der Waals surface area contributed by atoms with E-state index in [-0.39, 0.29) is 0 Å². The molecule has 2 fully saturated rings. The van der Waals surface area contributed by atoms with Crippen LogP contribution < -0.4 is 15.0 Å². The Labute approximate surface area is 209 Å². The monoisotopic (exact) mass is 492 g/mol. The van der Waals surface area contributed by atoms with Crippen molar-refractivity contribution in [3.63, 3.8) is 0 Å². The van der Waals surface area contributed by atoms with Gasteiger partial charge < -0.3 is 19.9 Å². The quantitative estimate of drug-likeness (QED) is 0.416. The van der Waals surface area contributed by atoms with Crippen LogP contribution in [0.5, 0.6) is 5.75 Å². The number of thiophene rings is 1. The number of likely N-dealkylation sites (tertiary alicyclic amines) is 1. The Bertz CT molecular complexity index is 1360. The summed E-state index contributed by atoms with van der Waals surface area (Å²) in [6.07, 6.45) is 4.10. The summed E-state index contributed by atoms with van der Waals surface area (Å²) < 4.78 is 7.36. The van der Waals surface area contributed by atoms with Gasteiger partial charge in [-0.15, -0.1) is 11.3 Å². The Balaban J connectivity index is 0.000000152. The maximum Gasteiger partial charge on any atom is 0.160 e. The first-order valence-corrected chi connectivity index (χ1v) is 12.8. The van der Waals surface area contributed by atoms with Crippen LogP contribution in [0.15, 0.2) is 36.5 Å². The molecular weight excluding hydrogens is 460 g/mol. The van der Waals surface area contributed by atoms with E-state index in [4.69, 9.17) is 9.72 Å². The van der Waals surface area contributed by atoms with Gasteiger partial charge in [-0.05, 0) is 64.2 Å². The van der Waals surface area contributed by atoms with E-state index in [9.17, 15) is 4.79 Å². The van der Waals surface area contributed by atoms with E-state index in [1.54, 1.807) is 0 Å². The number of anilines is 2. The number of fused-ring (bicyclic) bond motifs is 2. The van der Waals surface area contributed by atoms with Crippen molar-refractivity contribution in [2.75, 3.05) is 57.1 Å². The van der Waals surface area contributed by atoms with Gasteiger partial charge in [0, 0.05) is 37.5 Å². The Morgan fingerprint density at radius 2 is 2.06 bits per heavy atom. The first kappa shape index (κ1) is 23.6. The highest BCUT2D eigenvalue weighted by Crippen LogP contribution is 2.41. The summed E-state index contributed by atoms with van der Waals surface area (Å²) in [5.41, 5.74) is 3.56. The molecule has 2 aliphatic heterocycles.